The second-order valence-electron chi connectivity index (χ2n) is 11.9. The maximum atomic E-state index is 13.6. The number of hydrogen-bond donors (Lipinski definition) is 2. The molecule has 1 atom stereocenters. The summed E-state index contributed by atoms with van der Waals surface area (Å²) in [7, 11) is 1.56. The lowest BCUT2D eigenvalue weighted by atomic mass is 9.92. The van der Waals surface area contributed by atoms with Gasteiger partial charge < -0.3 is 15.0 Å². The van der Waals surface area contributed by atoms with Crippen molar-refractivity contribution in [2.45, 2.75) is 24.9 Å². The quantitative estimate of drug-likeness (QED) is 0.249. The molecule has 5 aromatic rings. The maximum absolute atomic E-state index is 13.6. The van der Waals surface area contributed by atoms with Crippen molar-refractivity contribution in [1.82, 2.24) is 35.0 Å². The molecule has 46 heavy (non-hydrogen) atoms. The Morgan fingerprint density at radius 1 is 0.978 bits per heavy atom. The zero-order valence-electron chi connectivity index (χ0n) is 25.6. The highest BCUT2D eigenvalue weighted by Crippen LogP contribution is 2.31. The van der Waals surface area contributed by atoms with E-state index in [0.717, 1.165) is 59.5 Å². The number of aromatic amines is 1. The van der Waals surface area contributed by atoms with Crippen LogP contribution in [0.15, 0.2) is 79.5 Å². The summed E-state index contributed by atoms with van der Waals surface area (Å²) >= 11 is 0. The Kier molecular flexibility index (Phi) is 8.20. The van der Waals surface area contributed by atoms with Gasteiger partial charge in [-0.2, -0.15) is 5.10 Å². The molecule has 1 unspecified atom stereocenters. The monoisotopic (exact) mass is 617 g/mol. The number of ether oxygens (including phenoxy) is 1. The van der Waals surface area contributed by atoms with Crippen LogP contribution in [-0.2, 0) is 14.3 Å². The largest absolute Gasteiger partial charge is 0.367 e. The van der Waals surface area contributed by atoms with Crippen LogP contribution in [0.25, 0.3) is 33.5 Å². The van der Waals surface area contributed by atoms with Gasteiger partial charge in [-0.3, -0.25) is 24.6 Å². The first-order valence-corrected chi connectivity index (χ1v) is 15.5. The van der Waals surface area contributed by atoms with Crippen LogP contribution in [0.3, 0.4) is 0 Å². The van der Waals surface area contributed by atoms with Gasteiger partial charge in [-0.05, 0) is 67.8 Å². The Bertz CT molecular complexity index is 1820. The lowest BCUT2D eigenvalue weighted by molar-refractivity contribution is -0.137. The van der Waals surface area contributed by atoms with Gasteiger partial charge in [0.25, 0.3) is 5.91 Å². The number of pyridine rings is 2. The van der Waals surface area contributed by atoms with E-state index in [1.165, 1.54) is 0 Å². The van der Waals surface area contributed by atoms with Crippen LogP contribution in [0.1, 0.15) is 19.3 Å². The van der Waals surface area contributed by atoms with Gasteiger partial charge in [0.2, 0.25) is 0 Å². The first-order valence-electron chi connectivity index (χ1n) is 15.5. The number of nitrogens with one attached hydrogen (secondary N) is 2. The van der Waals surface area contributed by atoms with E-state index < -0.39 is 5.60 Å². The summed E-state index contributed by atoms with van der Waals surface area (Å²) in [6, 6.07) is 15.2. The summed E-state index contributed by atoms with van der Waals surface area (Å²) in [5, 5.41) is 11.5. The number of Topliss-reactive ketones (excluding diaryl/α,β-unsaturated/α-hetero) is 1. The third kappa shape index (κ3) is 5.96. The van der Waals surface area contributed by atoms with Crippen molar-refractivity contribution in [3.63, 3.8) is 0 Å². The molecule has 0 bridgehead atoms. The summed E-state index contributed by atoms with van der Waals surface area (Å²) in [5.74, 6) is 1.51. The minimum atomic E-state index is -1.04. The first-order chi connectivity index (χ1) is 22.5. The number of aromatic nitrogens is 6. The Morgan fingerprint density at radius 2 is 1.78 bits per heavy atom. The molecule has 12 nitrogen and oxygen atoms in total. The molecule has 0 saturated carbocycles. The molecule has 0 radical (unpaired) electrons. The van der Waals surface area contributed by atoms with Crippen LogP contribution in [0.2, 0.25) is 0 Å². The van der Waals surface area contributed by atoms with Crippen molar-refractivity contribution in [3.8, 4) is 22.6 Å². The standard InChI is InChI=1S/C34H35N9O3/c1-46-34(33(45)39-26-4-5-28-27(19-26)31(41-40-28)24-7-14-35-15-8-24)11-18-42(22-34)21-29(44)23-9-16-43(17-10-23)30-6-3-25(20-38-30)32-36-12-2-13-37-32/h2-8,12-15,19-20,23H,9-11,16-18,21-22H2,1H3,(H,39,45)(H,40,41). The van der Waals surface area contributed by atoms with Crippen molar-refractivity contribution < 1.29 is 14.3 Å². The minimum Gasteiger partial charge on any atom is -0.367 e. The second kappa shape index (κ2) is 12.7. The van der Waals surface area contributed by atoms with Crippen LogP contribution < -0.4 is 10.2 Å². The highest BCUT2D eigenvalue weighted by molar-refractivity contribution is 6.01. The SMILES string of the molecule is COC1(C(=O)Nc2ccc3[nH]nc(-c4ccncc4)c3c2)CCN(CC(=O)C2CCN(c3ccc(-c4ncccn4)cn3)CC2)C1. The molecule has 2 fully saturated rings. The molecule has 0 aliphatic carbocycles. The van der Waals surface area contributed by atoms with Crippen molar-refractivity contribution in [2.24, 2.45) is 5.92 Å². The third-order valence-corrected chi connectivity index (χ3v) is 9.12. The average molecular weight is 618 g/mol. The number of hydrogen-bond acceptors (Lipinski definition) is 10. The molecule has 1 aromatic carbocycles. The van der Waals surface area contributed by atoms with Gasteiger partial charge in [0, 0.05) is 92.4 Å². The molecular formula is C34H35N9O3. The highest BCUT2D eigenvalue weighted by atomic mass is 16.5. The lowest BCUT2D eigenvalue weighted by Crippen LogP contribution is -2.48. The van der Waals surface area contributed by atoms with Crippen molar-refractivity contribution in [2.75, 3.05) is 50.1 Å². The Hall–Kier alpha value is -5.07. The topological polar surface area (TPSA) is 142 Å². The molecule has 2 N–H and O–H groups in total. The van der Waals surface area contributed by atoms with Gasteiger partial charge >= 0.3 is 0 Å². The van der Waals surface area contributed by atoms with Gasteiger partial charge in [0.05, 0.1) is 12.1 Å². The fourth-order valence-corrected chi connectivity index (χ4v) is 6.44. The number of likely N-dealkylation sites (tertiary alicyclic amines) is 1. The number of rotatable bonds is 9. The Balaban J connectivity index is 0.937. The molecule has 12 heteroatoms. The van der Waals surface area contributed by atoms with Crippen LogP contribution >= 0.6 is 0 Å². The van der Waals surface area contributed by atoms with E-state index >= 15 is 0 Å². The van der Waals surface area contributed by atoms with E-state index in [0.29, 0.717) is 37.6 Å². The van der Waals surface area contributed by atoms with E-state index in [2.05, 4.69) is 40.3 Å². The molecule has 6 heterocycles. The van der Waals surface area contributed by atoms with Gasteiger partial charge in [0.15, 0.2) is 11.4 Å². The van der Waals surface area contributed by atoms with Crippen molar-refractivity contribution in [1.29, 1.82) is 0 Å². The summed E-state index contributed by atoms with van der Waals surface area (Å²) in [6.45, 7) is 2.80. The van der Waals surface area contributed by atoms with Gasteiger partial charge in [-0.1, -0.05) is 0 Å². The lowest BCUT2D eigenvalue weighted by Gasteiger charge is -2.33. The third-order valence-electron chi connectivity index (χ3n) is 9.12. The average Bonchev–Trinajstić information content (AvgIpc) is 3.74. The predicted octanol–water partition coefficient (Wildman–Crippen LogP) is 3.99. The number of fused-ring (bicyclic) bond motifs is 1. The Labute approximate surface area is 266 Å². The zero-order valence-corrected chi connectivity index (χ0v) is 25.6. The van der Waals surface area contributed by atoms with Gasteiger partial charge in [0.1, 0.15) is 17.3 Å². The molecular weight excluding hydrogens is 582 g/mol. The molecule has 7 rings (SSSR count). The van der Waals surface area contributed by atoms with E-state index in [1.807, 2.05) is 47.4 Å². The number of methoxy groups -OCH3 is 1. The van der Waals surface area contributed by atoms with E-state index in [1.54, 1.807) is 44.2 Å². The van der Waals surface area contributed by atoms with Crippen molar-refractivity contribution in [3.05, 3.63) is 79.5 Å². The van der Waals surface area contributed by atoms with E-state index in [-0.39, 0.29) is 17.6 Å². The number of anilines is 2. The number of nitrogens with zero attached hydrogens (tertiary/aromatic N) is 7. The fraction of sp³-hybridized carbons (Fsp3) is 0.324. The zero-order chi connectivity index (χ0) is 31.5. The number of ketones is 1. The van der Waals surface area contributed by atoms with Crippen LogP contribution in [-0.4, -0.2) is 92.2 Å². The molecule has 2 saturated heterocycles. The molecule has 0 spiro atoms. The summed E-state index contributed by atoms with van der Waals surface area (Å²) in [4.78, 5) is 48.5. The number of carbonyl (C=O) groups excluding carboxylic acids is 2. The van der Waals surface area contributed by atoms with Crippen LogP contribution in [0.4, 0.5) is 11.5 Å². The fourth-order valence-electron chi connectivity index (χ4n) is 6.44. The van der Waals surface area contributed by atoms with Crippen molar-refractivity contribution >= 4 is 34.1 Å². The van der Waals surface area contributed by atoms with Crippen LogP contribution in [0.5, 0.6) is 0 Å². The van der Waals surface area contributed by atoms with Crippen LogP contribution in [0, 0.1) is 5.92 Å². The summed E-state index contributed by atoms with van der Waals surface area (Å²) < 4.78 is 5.84. The van der Waals surface area contributed by atoms with E-state index in [4.69, 9.17) is 4.74 Å². The number of carbonyl (C=O) groups is 2. The number of amides is 1. The number of piperidine rings is 1. The number of H-pyrrole nitrogens is 1. The first kappa shape index (κ1) is 29.6. The predicted molar refractivity (Wildman–Crippen MR) is 174 cm³/mol. The number of benzene rings is 1. The normalized spacial score (nSPS) is 19.0. The van der Waals surface area contributed by atoms with E-state index in [9.17, 15) is 9.59 Å². The Morgan fingerprint density at radius 3 is 2.52 bits per heavy atom. The minimum absolute atomic E-state index is 0.0177. The molecule has 234 valence electrons. The highest BCUT2D eigenvalue weighted by Gasteiger charge is 2.45. The summed E-state index contributed by atoms with van der Waals surface area (Å²) in [6.07, 6.45) is 10.7. The van der Waals surface area contributed by atoms with Gasteiger partial charge in [-0.25, -0.2) is 15.0 Å². The summed E-state index contributed by atoms with van der Waals surface area (Å²) in [5.41, 5.74) is 3.09. The smallest absolute Gasteiger partial charge is 0.258 e. The second-order valence-corrected chi connectivity index (χ2v) is 11.9. The molecule has 2 aliphatic heterocycles. The maximum Gasteiger partial charge on any atom is 0.258 e. The van der Waals surface area contributed by atoms with Gasteiger partial charge in [-0.15, -0.1) is 0 Å². The molecule has 4 aromatic heterocycles. The molecule has 2 aliphatic rings. The molecule has 1 amide bonds.